The number of hydrogen-bond donors (Lipinski definition) is 0. The third-order valence-electron chi connectivity index (χ3n) is 6.31. The molecular weight excluding hydrogens is 408 g/mol. The van der Waals surface area contributed by atoms with E-state index in [0.29, 0.717) is 12.7 Å². The number of ether oxygens (including phenoxy) is 2. The fraction of sp³-hybridized carbons (Fsp3) is 0.448. The van der Waals surface area contributed by atoms with E-state index in [1.807, 2.05) is 36.7 Å². The molecule has 1 saturated heterocycles. The third-order valence-corrected chi connectivity index (χ3v) is 6.31. The Balaban J connectivity index is 1.28. The predicted molar refractivity (Wildman–Crippen MR) is 134 cm³/mol. The molecule has 4 rings (SSSR count). The van der Waals surface area contributed by atoms with Gasteiger partial charge in [-0.3, -0.25) is 0 Å². The Morgan fingerprint density at radius 1 is 0.727 bits per heavy atom. The van der Waals surface area contributed by atoms with E-state index in [1.54, 1.807) is 0 Å². The van der Waals surface area contributed by atoms with Gasteiger partial charge >= 0.3 is 0 Å². The van der Waals surface area contributed by atoms with Crippen LogP contribution >= 0.6 is 0 Å². The van der Waals surface area contributed by atoms with Crippen LogP contribution in [0.1, 0.15) is 64.4 Å². The Kier molecular flexibility index (Phi) is 8.48. The summed E-state index contributed by atoms with van der Waals surface area (Å²) in [5, 5.41) is 0. The largest absolute Gasteiger partial charge is 0.491 e. The highest BCUT2D eigenvalue weighted by atomic mass is 16.6. The van der Waals surface area contributed by atoms with Crippen LogP contribution in [-0.4, -0.2) is 28.8 Å². The molecule has 3 aromatic rings. The van der Waals surface area contributed by atoms with Crippen LogP contribution in [0.15, 0.2) is 60.9 Å². The molecule has 1 fully saturated rings. The van der Waals surface area contributed by atoms with Gasteiger partial charge in [0.2, 0.25) is 0 Å². The molecule has 1 aromatic heterocycles. The number of benzene rings is 2. The van der Waals surface area contributed by atoms with Crippen molar-refractivity contribution < 1.29 is 9.47 Å². The van der Waals surface area contributed by atoms with Crippen molar-refractivity contribution in [2.75, 3.05) is 6.61 Å². The minimum absolute atomic E-state index is 0.252. The summed E-state index contributed by atoms with van der Waals surface area (Å²) < 4.78 is 11.6. The van der Waals surface area contributed by atoms with E-state index < -0.39 is 0 Å². The van der Waals surface area contributed by atoms with Crippen LogP contribution in [0.4, 0.5) is 0 Å². The predicted octanol–water partition coefficient (Wildman–Crippen LogP) is 7.27. The van der Waals surface area contributed by atoms with E-state index >= 15 is 0 Å². The normalized spacial score (nSPS) is 17.2. The second-order valence-corrected chi connectivity index (χ2v) is 8.99. The van der Waals surface area contributed by atoms with Gasteiger partial charge in [-0.2, -0.15) is 0 Å². The summed E-state index contributed by atoms with van der Waals surface area (Å²) in [5.41, 5.74) is 4.58. The van der Waals surface area contributed by atoms with Crippen molar-refractivity contribution in [2.24, 2.45) is 0 Å². The first-order valence-corrected chi connectivity index (χ1v) is 12.6. The van der Waals surface area contributed by atoms with Crippen molar-refractivity contribution in [2.45, 2.75) is 77.4 Å². The van der Waals surface area contributed by atoms with Crippen molar-refractivity contribution in [1.29, 1.82) is 0 Å². The van der Waals surface area contributed by atoms with Gasteiger partial charge < -0.3 is 9.47 Å². The van der Waals surface area contributed by atoms with Crippen LogP contribution < -0.4 is 4.74 Å². The quantitative estimate of drug-likeness (QED) is 0.205. The molecule has 0 aliphatic carbocycles. The molecule has 0 radical (unpaired) electrons. The van der Waals surface area contributed by atoms with Crippen molar-refractivity contribution in [3.63, 3.8) is 0 Å². The number of aryl methyl sites for hydroxylation is 1. The van der Waals surface area contributed by atoms with Gasteiger partial charge in [0.25, 0.3) is 0 Å². The Bertz CT molecular complexity index is 968. The highest BCUT2D eigenvalue weighted by molar-refractivity contribution is 5.64. The van der Waals surface area contributed by atoms with Crippen molar-refractivity contribution in [3.8, 4) is 28.3 Å². The molecule has 2 atom stereocenters. The van der Waals surface area contributed by atoms with E-state index in [9.17, 15) is 0 Å². The molecule has 1 aliphatic rings. The summed E-state index contributed by atoms with van der Waals surface area (Å²) in [5.74, 6) is 1.58. The molecule has 1 aliphatic heterocycles. The Morgan fingerprint density at radius 3 is 2.12 bits per heavy atom. The van der Waals surface area contributed by atoms with Gasteiger partial charge in [0, 0.05) is 23.5 Å². The average molecular weight is 445 g/mol. The third kappa shape index (κ3) is 6.88. The molecule has 2 unspecified atom stereocenters. The summed E-state index contributed by atoms with van der Waals surface area (Å²) in [6.07, 6.45) is 14.4. The smallest absolute Gasteiger partial charge is 0.159 e. The Labute approximate surface area is 198 Å². The molecule has 4 nitrogen and oxygen atoms in total. The summed E-state index contributed by atoms with van der Waals surface area (Å²) in [6.45, 7) is 5.08. The fourth-order valence-electron chi connectivity index (χ4n) is 4.11. The maximum atomic E-state index is 5.89. The van der Waals surface area contributed by atoms with Gasteiger partial charge in [-0.05, 0) is 54.7 Å². The van der Waals surface area contributed by atoms with E-state index in [0.717, 1.165) is 41.1 Å². The maximum absolute atomic E-state index is 5.89. The van der Waals surface area contributed by atoms with Crippen LogP contribution in [0.5, 0.6) is 5.75 Å². The maximum Gasteiger partial charge on any atom is 0.159 e. The Hall–Kier alpha value is -2.72. The number of unbranched alkanes of at least 4 members (excludes halogenated alkanes) is 4. The van der Waals surface area contributed by atoms with E-state index in [-0.39, 0.29) is 6.10 Å². The van der Waals surface area contributed by atoms with Gasteiger partial charge in [0.15, 0.2) is 5.82 Å². The molecule has 0 saturated carbocycles. The minimum atomic E-state index is 0.252. The average Bonchev–Trinajstić information content (AvgIpc) is 3.63. The number of rotatable bonds is 13. The molecule has 33 heavy (non-hydrogen) atoms. The lowest BCUT2D eigenvalue weighted by Gasteiger charge is -2.07. The van der Waals surface area contributed by atoms with Gasteiger partial charge in [-0.1, -0.05) is 70.2 Å². The lowest BCUT2D eigenvalue weighted by Crippen LogP contribution is -2.07. The van der Waals surface area contributed by atoms with Crippen molar-refractivity contribution in [1.82, 2.24) is 9.97 Å². The van der Waals surface area contributed by atoms with E-state index in [2.05, 4.69) is 48.1 Å². The SMILES string of the molecule is CCCCCCc1ccc(-c2cnc(-c3ccc(OCC4OC4CCCC)cc3)nc2)cc1. The number of aromatic nitrogens is 2. The summed E-state index contributed by atoms with van der Waals surface area (Å²) >= 11 is 0. The first-order chi connectivity index (χ1) is 16.3. The first-order valence-electron chi connectivity index (χ1n) is 12.6. The van der Waals surface area contributed by atoms with Gasteiger partial charge in [-0.15, -0.1) is 0 Å². The standard InChI is InChI=1S/C29H36N2O2/c1-3-5-7-8-9-22-11-13-23(14-12-22)25-19-30-29(31-20-25)24-15-17-26(18-16-24)32-21-28-27(33-28)10-6-4-2/h11-20,27-28H,3-10,21H2,1-2H3. The lowest BCUT2D eigenvalue weighted by atomic mass is 10.0. The van der Waals surface area contributed by atoms with Crippen LogP contribution in [0, 0.1) is 0 Å². The summed E-state index contributed by atoms with van der Waals surface area (Å²) in [7, 11) is 0. The zero-order chi connectivity index (χ0) is 22.9. The summed E-state index contributed by atoms with van der Waals surface area (Å²) in [4.78, 5) is 9.20. The molecule has 0 N–H and O–H groups in total. The zero-order valence-corrected chi connectivity index (χ0v) is 20.0. The fourth-order valence-corrected chi connectivity index (χ4v) is 4.11. The minimum Gasteiger partial charge on any atom is -0.491 e. The second kappa shape index (κ2) is 11.9. The van der Waals surface area contributed by atoms with E-state index in [1.165, 1.54) is 44.1 Å². The monoisotopic (exact) mass is 444 g/mol. The first kappa shape index (κ1) is 23.4. The van der Waals surface area contributed by atoms with Gasteiger partial charge in [-0.25, -0.2) is 9.97 Å². The molecule has 2 heterocycles. The molecule has 0 amide bonds. The number of epoxide rings is 1. The van der Waals surface area contributed by atoms with Crippen LogP contribution in [-0.2, 0) is 11.2 Å². The molecule has 174 valence electrons. The Morgan fingerprint density at radius 2 is 1.42 bits per heavy atom. The molecule has 0 bridgehead atoms. The van der Waals surface area contributed by atoms with Gasteiger partial charge in [0.05, 0.1) is 6.10 Å². The van der Waals surface area contributed by atoms with E-state index in [4.69, 9.17) is 9.47 Å². The van der Waals surface area contributed by atoms with Crippen molar-refractivity contribution >= 4 is 0 Å². The molecule has 2 aromatic carbocycles. The van der Waals surface area contributed by atoms with Crippen LogP contribution in [0.25, 0.3) is 22.5 Å². The highest BCUT2D eigenvalue weighted by Gasteiger charge is 2.38. The lowest BCUT2D eigenvalue weighted by molar-refractivity contribution is 0.259. The van der Waals surface area contributed by atoms with Crippen LogP contribution in [0.2, 0.25) is 0 Å². The molecule has 0 spiro atoms. The number of hydrogen-bond acceptors (Lipinski definition) is 4. The second-order valence-electron chi connectivity index (χ2n) is 8.99. The topological polar surface area (TPSA) is 47.5 Å². The number of nitrogens with zero attached hydrogens (tertiary/aromatic N) is 2. The highest BCUT2D eigenvalue weighted by Crippen LogP contribution is 2.28. The van der Waals surface area contributed by atoms with Crippen LogP contribution in [0.3, 0.4) is 0 Å². The molecular formula is C29H36N2O2. The van der Waals surface area contributed by atoms with Crippen molar-refractivity contribution in [3.05, 3.63) is 66.5 Å². The summed E-state index contributed by atoms with van der Waals surface area (Å²) in [6, 6.07) is 16.8. The van der Waals surface area contributed by atoms with Gasteiger partial charge in [0.1, 0.15) is 18.5 Å². The molecule has 4 heteroatoms. The zero-order valence-electron chi connectivity index (χ0n) is 20.0.